The molecule has 1 fully saturated rings. The van der Waals surface area contributed by atoms with Gasteiger partial charge in [0.05, 0.1) is 0 Å². The predicted molar refractivity (Wildman–Crippen MR) is 103 cm³/mol. The summed E-state index contributed by atoms with van der Waals surface area (Å²) >= 11 is 3.50. The lowest BCUT2D eigenvalue weighted by atomic mass is 10.0. The van der Waals surface area contributed by atoms with Crippen molar-refractivity contribution in [3.05, 3.63) is 28.2 Å². The van der Waals surface area contributed by atoms with Gasteiger partial charge in [0.1, 0.15) is 5.60 Å². The summed E-state index contributed by atoms with van der Waals surface area (Å²) in [6.45, 7) is 10.4. The van der Waals surface area contributed by atoms with Crippen LogP contribution in [-0.4, -0.2) is 41.6 Å². The number of halogens is 1. The molecule has 0 spiro atoms. The van der Waals surface area contributed by atoms with E-state index in [1.165, 1.54) is 0 Å². The van der Waals surface area contributed by atoms with Gasteiger partial charge in [0.25, 0.3) is 0 Å². The summed E-state index contributed by atoms with van der Waals surface area (Å²) in [6, 6.07) is 6.04. The molecular weight excluding hydrogens is 384 g/mol. The van der Waals surface area contributed by atoms with Crippen molar-refractivity contribution < 1.29 is 14.3 Å². The molecular formula is C19H27BrN2O3. The zero-order valence-electron chi connectivity index (χ0n) is 15.6. The van der Waals surface area contributed by atoms with Crippen LogP contribution in [0.1, 0.15) is 46.1 Å². The molecule has 1 aliphatic rings. The fourth-order valence-electron chi connectivity index (χ4n) is 3.06. The third-order valence-corrected chi connectivity index (χ3v) is 5.13. The molecule has 0 bridgehead atoms. The molecule has 0 saturated carbocycles. The Morgan fingerprint density at radius 2 is 1.84 bits per heavy atom. The molecule has 5 nitrogen and oxygen atoms in total. The second-order valence-electron chi connectivity index (χ2n) is 7.52. The number of benzene rings is 1. The van der Waals surface area contributed by atoms with Gasteiger partial charge in [-0.1, -0.05) is 15.9 Å². The Morgan fingerprint density at radius 3 is 2.32 bits per heavy atom. The van der Waals surface area contributed by atoms with E-state index >= 15 is 0 Å². The molecule has 0 radical (unpaired) electrons. The Bertz CT molecular complexity index is 647. The van der Waals surface area contributed by atoms with Crippen LogP contribution >= 0.6 is 15.9 Å². The second-order valence-corrected chi connectivity index (χ2v) is 8.38. The summed E-state index contributed by atoms with van der Waals surface area (Å²) in [5.41, 5.74) is 1.51. The lowest BCUT2D eigenvalue weighted by Crippen LogP contribution is -2.49. The molecule has 0 N–H and O–H groups in total. The molecule has 0 aromatic heterocycles. The summed E-state index contributed by atoms with van der Waals surface area (Å²) in [5, 5.41) is 0. The molecule has 1 heterocycles. The van der Waals surface area contributed by atoms with Gasteiger partial charge >= 0.3 is 6.09 Å². The van der Waals surface area contributed by atoms with Crippen LogP contribution in [0.25, 0.3) is 0 Å². The molecule has 2 rings (SSSR count). The van der Waals surface area contributed by atoms with Crippen LogP contribution in [0.5, 0.6) is 0 Å². The quantitative estimate of drug-likeness (QED) is 0.720. The Hall–Kier alpha value is -1.56. The molecule has 1 saturated heterocycles. The van der Waals surface area contributed by atoms with Crippen molar-refractivity contribution in [1.82, 2.24) is 4.90 Å². The number of rotatable bonds is 2. The molecule has 1 aromatic carbocycles. The fourth-order valence-corrected chi connectivity index (χ4v) is 3.31. The monoisotopic (exact) mass is 410 g/mol. The largest absolute Gasteiger partial charge is 0.444 e. The third kappa shape index (κ3) is 5.21. The zero-order valence-corrected chi connectivity index (χ0v) is 17.2. The highest BCUT2D eigenvalue weighted by atomic mass is 79.9. The van der Waals surface area contributed by atoms with Crippen molar-refractivity contribution in [2.24, 2.45) is 0 Å². The SMILES string of the molecule is CC(=O)N(c1ccc(Br)c(C)c1)C1CCN(C(=O)OC(C)(C)C)CC1. The van der Waals surface area contributed by atoms with Crippen LogP contribution in [-0.2, 0) is 9.53 Å². The van der Waals surface area contributed by atoms with Crippen molar-refractivity contribution >= 4 is 33.6 Å². The normalized spacial score (nSPS) is 15.8. The molecule has 6 heteroatoms. The number of amides is 2. The number of aryl methyl sites for hydroxylation is 1. The minimum atomic E-state index is -0.492. The van der Waals surface area contributed by atoms with E-state index < -0.39 is 5.60 Å². The first-order valence-electron chi connectivity index (χ1n) is 8.62. The maximum atomic E-state index is 12.3. The van der Waals surface area contributed by atoms with Gasteiger partial charge in [0.2, 0.25) is 5.91 Å². The van der Waals surface area contributed by atoms with Gasteiger partial charge in [-0.25, -0.2) is 4.79 Å². The van der Waals surface area contributed by atoms with E-state index in [9.17, 15) is 9.59 Å². The number of ether oxygens (including phenoxy) is 1. The highest BCUT2D eigenvalue weighted by molar-refractivity contribution is 9.10. The molecule has 0 aliphatic carbocycles. The number of anilines is 1. The fraction of sp³-hybridized carbons (Fsp3) is 0.579. The first-order valence-corrected chi connectivity index (χ1v) is 9.41. The van der Waals surface area contributed by atoms with Gasteiger partial charge in [-0.15, -0.1) is 0 Å². The van der Waals surface area contributed by atoms with Gasteiger partial charge in [-0.3, -0.25) is 4.79 Å². The number of piperidine rings is 1. The van der Waals surface area contributed by atoms with Gasteiger partial charge in [0.15, 0.2) is 0 Å². The summed E-state index contributed by atoms with van der Waals surface area (Å²) in [6.07, 6.45) is 1.21. The summed E-state index contributed by atoms with van der Waals surface area (Å²) in [5.74, 6) is 0.0254. The predicted octanol–water partition coefficient (Wildman–Crippen LogP) is 4.51. The Morgan fingerprint density at radius 1 is 1.24 bits per heavy atom. The van der Waals surface area contributed by atoms with Gasteiger partial charge in [0, 0.05) is 36.2 Å². The minimum Gasteiger partial charge on any atom is -0.444 e. The van der Waals surface area contributed by atoms with Crippen LogP contribution in [0.3, 0.4) is 0 Å². The number of carbonyl (C=O) groups excluding carboxylic acids is 2. The van der Waals surface area contributed by atoms with Crippen LogP contribution in [0.2, 0.25) is 0 Å². The summed E-state index contributed by atoms with van der Waals surface area (Å²) < 4.78 is 6.46. The highest BCUT2D eigenvalue weighted by Gasteiger charge is 2.31. The molecule has 1 aromatic rings. The van der Waals surface area contributed by atoms with E-state index in [4.69, 9.17) is 4.74 Å². The average Bonchev–Trinajstić information content (AvgIpc) is 2.49. The Balaban J connectivity index is 2.07. The topological polar surface area (TPSA) is 49.9 Å². The molecule has 1 aliphatic heterocycles. The van der Waals surface area contributed by atoms with E-state index in [2.05, 4.69) is 15.9 Å². The minimum absolute atomic E-state index is 0.0254. The van der Waals surface area contributed by atoms with E-state index in [0.29, 0.717) is 13.1 Å². The first kappa shape index (κ1) is 19.8. The van der Waals surface area contributed by atoms with E-state index in [1.807, 2.05) is 50.8 Å². The smallest absolute Gasteiger partial charge is 0.410 e. The second kappa shape index (κ2) is 7.77. The number of hydrogen-bond donors (Lipinski definition) is 0. The molecule has 25 heavy (non-hydrogen) atoms. The number of likely N-dealkylation sites (tertiary alicyclic amines) is 1. The zero-order chi connectivity index (χ0) is 18.8. The number of nitrogens with zero attached hydrogens (tertiary/aromatic N) is 2. The highest BCUT2D eigenvalue weighted by Crippen LogP contribution is 2.28. The standard InChI is InChI=1S/C19H27BrN2O3/c1-13-12-16(6-7-17(13)20)22(14(2)23)15-8-10-21(11-9-15)18(24)25-19(3,4)5/h6-7,12,15H,8-11H2,1-5H3. The van der Waals surface area contributed by atoms with Crippen molar-refractivity contribution in [1.29, 1.82) is 0 Å². The maximum absolute atomic E-state index is 12.3. The van der Waals surface area contributed by atoms with Crippen molar-refractivity contribution in [2.45, 2.75) is 59.1 Å². The van der Waals surface area contributed by atoms with Crippen LogP contribution < -0.4 is 4.90 Å². The van der Waals surface area contributed by atoms with Crippen LogP contribution in [0.4, 0.5) is 10.5 Å². The van der Waals surface area contributed by atoms with Crippen molar-refractivity contribution in [3.8, 4) is 0 Å². The molecule has 138 valence electrons. The lowest BCUT2D eigenvalue weighted by Gasteiger charge is -2.38. The lowest BCUT2D eigenvalue weighted by molar-refractivity contribution is -0.117. The third-order valence-electron chi connectivity index (χ3n) is 4.24. The van der Waals surface area contributed by atoms with E-state index in [1.54, 1.807) is 11.8 Å². The van der Waals surface area contributed by atoms with Crippen LogP contribution in [0, 0.1) is 6.92 Å². The Labute approximate surface area is 158 Å². The van der Waals surface area contributed by atoms with E-state index in [-0.39, 0.29) is 18.0 Å². The summed E-state index contributed by atoms with van der Waals surface area (Å²) in [4.78, 5) is 28.0. The average molecular weight is 411 g/mol. The van der Waals surface area contributed by atoms with Gasteiger partial charge in [-0.05, 0) is 64.3 Å². The molecule has 0 atom stereocenters. The van der Waals surface area contributed by atoms with E-state index in [0.717, 1.165) is 28.6 Å². The van der Waals surface area contributed by atoms with Gasteiger partial charge < -0.3 is 14.5 Å². The number of hydrogen-bond acceptors (Lipinski definition) is 3. The molecule has 0 unspecified atom stereocenters. The Kier molecular flexibility index (Phi) is 6.14. The van der Waals surface area contributed by atoms with Gasteiger partial charge in [-0.2, -0.15) is 0 Å². The first-order chi connectivity index (χ1) is 11.6. The summed E-state index contributed by atoms with van der Waals surface area (Å²) in [7, 11) is 0. The maximum Gasteiger partial charge on any atom is 0.410 e. The van der Waals surface area contributed by atoms with Crippen molar-refractivity contribution in [2.75, 3.05) is 18.0 Å². The van der Waals surface area contributed by atoms with Crippen LogP contribution in [0.15, 0.2) is 22.7 Å². The number of carbonyl (C=O) groups is 2. The van der Waals surface area contributed by atoms with Crippen molar-refractivity contribution in [3.63, 3.8) is 0 Å². The molecule has 2 amide bonds.